The smallest absolute Gasteiger partial charge is 0.144 e. The number of methoxy groups -OCH3 is 1. The number of hydrogen-bond donors (Lipinski definition) is 1. The van der Waals surface area contributed by atoms with E-state index in [1.165, 1.54) is 31.4 Å². The molecule has 0 amide bonds. The fourth-order valence-corrected chi connectivity index (χ4v) is 1.82. The van der Waals surface area contributed by atoms with Crippen LogP contribution in [-0.4, -0.2) is 13.2 Å². The first-order chi connectivity index (χ1) is 8.17. The van der Waals surface area contributed by atoms with Crippen molar-refractivity contribution in [3.63, 3.8) is 0 Å². The van der Waals surface area contributed by atoms with Crippen molar-refractivity contribution in [2.75, 3.05) is 12.4 Å². The van der Waals surface area contributed by atoms with Crippen molar-refractivity contribution in [2.24, 2.45) is 0 Å². The largest absolute Gasteiger partial charge is 0.494 e. The van der Waals surface area contributed by atoms with Crippen molar-refractivity contribution in [3.05, 3.63) is 24.0 Å². The summed E-state index contributed by atoms with van der Waals surface area (Å²) in [5.74, 6) is 0.290. The molecule has 0 radical (unpaired) electrons. The fraction of sp³-hybridized carbons (Fsp3) is 0.571. The molecule has 1 atom stereocenters. The molecule has 1 rings (SSSR count). The van der Waals surface area contributed by atoms with Gasteiger partial charge in [-0.25, -0.2) is 4.39 Å². The van der Waals surface area contributed by atoms with Gasteiger partial charge in [-0.05, 0) is 25.5 Å². The van der Waals surface area contributed by atoms with Crippen LogP contribution in [0.5, 0.6) is 5.75 Å². The first-order valence-electron chi connectivity index (χ1n) is 6.27. The fourth-order valence-electron chi connectivity index (χ4n) is 1.82. The molecule has 1 aromatic carbocycles. The van der Waals surface area contributed by atoms with Gasteiger partial charge in [-0.3, -0.25) is 0 Å². The molecule has 0 aliphatic heterocycles. The van der Waals surface area contributed by atoms with Gasteiger partial charge in [-0.2, -0.15) is 0 Å². The number of rotatable bonds is 7. The van der Waals surface area contributed by atoms with Gasteiger partial charge in [0.2, 0.25) is 0 Å². The van der Waals surface area contributed by atoms with Crippen molar-refractivity contribution < 1.29 is 9.13 Å². The minimum Gasteiger partial charge on any atom is -0.494 e. The molecule has 96 valence electrons. The van der Waals surface area contributed by atoms with E-state index < -0.39 is 0 Å². The van der Waals surface area contributed by atoms with E-state index in [1.54, 1.807) is 13.2 Å². The van der Waals surface area contributed by atoms with E-state index in [1.807, 2.05) is 0 Å². The molecule has 0 bridgehead atoms. The van der Waals surface area contributed by atoms with Gasteiger partial charge in [0, 0.05) is 12.1 Å². The average Bonchev–Trinajstić information content (AvgIpc) is 2.32. The van der Waals surface area contributed by atoms with Crippen molar-refractivity contribution in [3.8, 4) is 5.75 Å². The number of halogens is 1. The molecule has 0 aliphatic carbocycles. The number of unbranched alkanes of at least 4 members (excludes halogenated alkanes) is 2. The molecule has 0 saturated carbocycles. The average molecular weight is 239 g/mol. The Labute approximate surface area is 103 Å². The lowest BCUT2D eigenvalue weighted by Gasteiger charge is -2.17. The number of anilines is 1. The Morgan fingerprint density at radius 2 is 2.12 bits per heavy atom. The number of ether oxygens (including phenoxy) is 1. The normalized spacial score (nSPS) is 12.2. The van der Waals surface area contributed by atoms with E-state index in [9.17, 15) is 4.39 Å². The van der Waals surface area contributed by atoms with Crippen LogP contribution in [0.4, 0.5) is 10.1 Å². The highest BCUT2D eigenvalue weighted by atomic mass is 19.1. The first-order valence-corrected chi connectivity index (χ1v) is 6.27. The van der Waals surface area contributed by atoms with E-state index in [0.29, 0.717) is 11.8 Å². The molecule has 0 saturated heterocycles. The summed E-state index contributed by atoms with van der Waals surface area (Å²) in [6.45, 7) is 4.33. The molecule has 0 spiro atoms. The quantitative estimate of drug-likeness (QED) is 0.719. The summed E-state index contributed by atoms with van der Waals surface area (Å²) in [6.07, 6.45) is 4.82. The van der Waals surface area contributed by atoms with Crippen LogP contribution >= 0.6 is 0 Å². The molecule has 1 aromatic rings. The first kappa shape index (κ1) is 13.8. The second-order valence-electron chi connectivity index (χ2n) is 4.39. The third-order valence-electron chi connectivity index (χ3n) is 2.81. The van der Waals surface area contributed by atoms with E-state index in [4.69, 9.17) is 4.74 Å². The maximum Gasteiger partial charge on any atom is 0.144 e. The monoisotopic (exact) mass is 239 g/mol. The Morgan fingerprint density at radius 1 is 1.35 bits per heavy atom. The maximum absolute atomic E-state index is 13.0. The predicted molar refractivity (Wildman–Crippen MR) is 70.2 cm³/mol. The van der Waals surface area contributed by atoms with Crippen LogP contribution in [-0.2, 0) is 0 Å². The van der Waals surface area contributed by atoms with Crippen LogP contribution in [0, 0.1) is 5.82 Å². The Bertz CT molecular complexity index is 341. The van der Waals surface area contributed by atoms with Gasteiger partial charge >= 0.3 is 0 Å². The third-order valence-corrected chi connectivity index (χ3v) is 2.81. The van der Waals surface area contributed by atoms with Crippen LogP contribution in [0.1, 0.15) is 39.5 Å². The van der Waals surface area contributed by atoms with Gasteiger partial charge in [-0.15, -0.1) is 0 Å². The molecule has 0 fully saturated rings. The van der Waals surface area contributed by atoms with Crippen LogP contribution in [0.25, 0.3) is 0 Å². The number of nitrogens with one attached hydrogen (secondary N) is 1. The molecule has 1 unspecified atom stereocenters. The highest BCUT2D eigenvalue weighted by Crippen LogP contribution is 2.26. The van der Waals surface area contributed by atoms with E-state index in [-0.39, 0.29) is 5.82 Å². The lowest BCUT2D eigenvalue weighted by molar-refractivity contribution is 0.412. The van der Waals surface area contributed by atoms with Crippen LogP contribution in [0.15, 0.2) is 18.2 Å². The summed E-state index contributed by atoms with van der Waals surface area (Å²) < 4.78 is 18.2. The number of benzene rings is 1. The van der Waals surface area contributed by atoms with Crippen molar-refractivity contribution in [1.29, 1.82) is 0 Å². The molecule has 17 heavy (non-hydrogen) atoms. The summed E-state index contributed by atoms with van der Waals surface area (Å²) in [7, 11) is 1.56. The molecule has 0 aliphatic rings. The highest BCUT2D eigenvalue weighted by Gasteiger charge is 2.07. The minimum atomic E-state index is -0.272. The molecule has 3 heteroatoms. The van der Waals surface area contributed by atoms with Gasteiger partial charge in [0.05, 0.1) is 12.8 Å². The van der Waals surface area contributed by atoms with Crippen molar-refractivity contribution in [2.45, 2.75) is 45.6 Å². The predicted octanol–water partition coefficient (Wildman–Crippen LogP) is 4.22. The summed E-state index contributed by atoms with van der Waals surface area (Å²) in [5, 5.41) is 3.36. The summed E-state index contributed by atoms with van der Waals surface area (Å²) in [4.78, 5) is 0. The zero-order valence-electron chi connectivity index (χ0n) is 10.9. The van der Waals surface area contributed by atoms with Gasteiger partial charge in [0.25, 0.3) is 0 Å². The lowest BCUT2D eigenvalue weighted by atomic mass is 10.1. The van der Waals surface area contributed by atoms with E-state index in [0.717, 1.165) is 12.1 Å². The number of hydrogen-bond acceptors (Lipinski definition) is 2. The topological polar surface area (TPSA) is 21.3 Å². The summed E-state index contributed by atoms with van der Waals surface area (Å²) in [6, 6.07) is 4.95. The van der Waals surface area contributed by atoms with Crippen molar-refractivity contribution in [1.82, 2.24) is 0 Å². The van der Waals surface area contributed by atoms with E-state index in [2.05, 4.69) is 19.2 Å². The Balaban J connectivity index is 2.55. The van der Waals surface area contributed by atoms with Crippen molar-refractivity contribution >= 4 is 5.69 Å². The minimum absolute atomic E-state index is 0.272. The van der Waals surface area contributed by atoms with Crippen LogP contribution in [0.3, 0.4) is 0 Å². The summed E-state index contributed by atoms with van der Waals surface area (Å²) in [5.41, 5.74) is 0.859. The molecular formula is C14H22FNO. The molecule has 0 aromatic heterocycles. The zero-order valence-corrected chi connectivity index (χ0v) is 10.9. The molecule has 1 N–H and O–H groups in total. The second-order valence-corrected chi connectivity index (χ2v) is 4.39. The van der Waals surface area contributed by atoms with Gasteiger partial charge < -0.3 is 10.1 Å². The molecule has 0 heterocycles. The SMILES string of the molecule is CCCCCC(C)Nc1ccc(F)cc1OC. The van der Waals surface area contributed by atoms with Crippen LogP contribution in [0.2, 0.25) is 0 Å². The zero-order chi connectivity index (χ0) is 12.7. The molecular weight excluding hydrogens is 217 g/mol. The standard InChI is InChI=1S/C14H22FNO/c1-4-5-6-7-11(2)16-13-9-8-12(15)10-14(13)17-3/h8-11,16H,4-7H2,1-3H3. The van der Waals surface area contributed by atoms with Crippen LogP contribution < -0.4 is 10.1 Å². The molecule has 2 nitrogen and oxygen atoms in total. The van der Waals surface area contributed by atoms with Gasteiger partial charge in [0.1, 0.15) is 11.6 Å². The van der Waals surface area contributed by atoms with E-state index >= 15 is 0 Å². The third kappa shape index (κ3) is 4.63. The Kier molecular flexibility index (Phi) is 5.81. The van der Waals surface area contributed by atoms with Gasteiger partial charge in [-0.1, -0.05) is 26.2 Å². The Hall–Kier alpha value is -1.25. The highest BCUT2D eigenvalue weighted by molar-refractivity contribution is 5.56. The summed E-state index contributed by atoms with van der Waals surface area (Å²) >= 11 is 0. The van der Waals surface area contributed by atoms with Gasteiger partial charge in [0.15, 0.2) is 0 Å². The second kappa shape index (κ2) is 7.15. The lowest BCUT2D eigenvalue weighted by Crippen LogP contribution is -2.15. The Morgan fingerprint density at radius 3 is 2.76 bits per heavy atom. The maximum atomic E-state index is 13.0.